The molecule has 1 saturated heterocycles. The molecule has 9 nitrogen and oxygen atoms in total. The highest BCUT2D eigenvalue weighted by Crippen LogP contribution is 2.24. The van der Waals surface area contributed by atoms with Gasteiger partial charge in [0.2, 0.25) is 5.91 Å². The second-order valence-corrected chi connectivity index (χ2v) is 28.2. The summed E-state index contributed by atoms with van der Waals surface area (Å²) in [6.45, 7) is 3.83. The zero-order valence-corrected chi connectivity index (χ0v) is 59.9. The number of ether oxygens (including phenoxy) is 2. The first kappa shape index (κ1) is 86.4. The summed E-state index contributed by atoms with van der Waals surface area (Å²) in [7, 11) is 0. The van der Waals surface area contributed by atoms with Crippen molar-refractivity contribution in [1.29, 1.82) is 0 Å². The van der Waals surface area contributed by atoms with E-state index in [0.717, 1.165) is 38.5 Å². The lowest BCUT2D eigenvalue weighted by Gasteiger charge is -2.40. The minimum atomic E-state index is -1.57. The van der Waals surface area contributed by atoms with Crippen LogP contribution in [0.4, 0.5) is 0 Å². The molecule has 9 heteroatoms. The van der Waals surface area contributed by atoms with Gasteiger partial charge in [0.15, 0.2) is 6.29 Å². The first-order valence-corrected chi connectivity index (χ1v) is 40.2. The molecule has 1 amide bonds. The smallest absolute Gasteiger partial charge is 0.220 e. The van der Waals surface area contributed by atoms with Gasteiger partial charge in [-0.25, -0.2) is 0 Å². The van der Waals surface area contributed by atoms with E-state index in [0.29, 0.717) is 6.42 Å². The van der Waals surface area contributed by atoms with E-state index in [9.17, 15) is 30.3 Å². The Hall–Kier alpha value is -1.59. The van der Waals surface area contributed by atoms with Gasteiger partial charge in [0.1, 0.15) is 24.4 Å². The van der Waals surface area contributed by atoms with Gasteiger partial charge in [-0.1, -0.05) is 391 Å². The number of aliphatic hydroxyl groups excluding tert-OH is 5. The van der Waals surface area contributed by atoms with E-state index >= 15 is 0 Å². The maximum absolute atomic E-state index is 13.2. The Bertz CT molecular complexity index is 1520. The fourth-order valence-corrected chi connectivity index (χ4v) is 13.2. The van der Waals surface area contributed by atoms with Gasteiger partial charge in [0.25, 0.3) is 0 Å². The van der Waals surface area contributed by atoms with Crippen molar-refractivity contribution in [2.24, 2.45) is 0 Å². The highest BCUT2D eigenvalue weighted by Gasteiger charge is 2.44. The minimum Gasteiger partial charge on any atom is -0.394 e. The molecule has 1 fully saturated rings. The van der Waals surface area contributed by atoms with Crippen molar-refractivity contribution in [2.45, 2.75) is 461 Å². The molecule has 0 aromatic carbocycles. The molecule has 0 bridgehead atoms. The molecule has 0 aromatic heterocycles. The van der Waals surface area contributed by atoms with Crippen LogP contribution in [0.1, 0.15) is 418 Å². The lowest BCUT2D eigenvalue weighted by Crippen LogP contribution is -2.60. The Kier molecular flexibility index (Phi) is 67.4. The normalized spacial score (nSPS) is 17.9. The van der Waals surface area contributed by atoms with Crippen LogP contribution in [-0.2, 0) is 14.3 Å². The molecule has 1 aliphatic rings. The van der Waals surface area contributed by atoms with Crippen LogP contribution in [-0.4, -0.2) is 87.5 Å². The second-order valence-electron chi connectivity index (χ2n) is 28.2. The summed E-state index contributed by atoms with van der Waals surface area (Å²) in [5.41, 5.74) is 0. The molecule has 6 N–H and O–H groups in total. The number of hydrogen-bond donors (Lipinski definition) is 6. The van der Waals surface area contributed by atoms with Crippen LogP contribution in [0.5, 0.6) is 0 Å². The Morgan fingerprint density at radius 1 is 0.367 bits per heavy atom. The summed E-state index contributed by atoms with van der Waals surface area (Å²) in [4.78, 5) is 13.2. The quantitative estimate of drug-likeness (QED) is 0.0261. The van der Waals surface area contributed by atoms with E-state index in [1.807, 2.05) is 6.08 Å². The average molecular weight is 1270 g/mol. The predicted octanol–water partition coefficient (Wildman–Crippen LogP) is 22.9. The molecular formula is C81H155NO8. The number of aliphatic hydroxyl groups is 5. The highest BCUT2D eigenvalue weighted by atomic mass is 16.7. The van der Waals surface area contributed by atoms with Crippen molar-refractivity contribution in [2.75, 3.05) is 13.2 Å². The van der Waals surface area contributed by atoms with Crippen molar-refractivity contribution < 1.29 is 39.8 Å². The molecule has 1 rings (SSSR count). The van der Waals surface area contributed by atoms with Gasteiger partial charge in [0.05, 0.1) is 25.4 Å². The predicted molar refractivity (Wildman–Crippen MR) is 387 cm³/mol. The summed E-state index contributed by atoms with van der Waals surface area (Å²) in [5, 5.41) is 54.9. The fraction of sp³-hybridized carbons (Fsp3) is 0.914. The van der Waals surface area contributed by atoms with E-state index in [-0.39, 0.29) is 12.5 Å². The summed E-state index contributed by atoms with van der Waals surface area (Å²) in [5.74, 6) is -0.177. The number of nitrogens with one attached hydrogen (secondary N) is 1. The maximum atomic E-state index is 13.2. The molecular weight excluding hydrogens is 1110 g/mol. The lowest BCUT2D eigenvalue weighted by atomic mass is 9.99. The van der Waals surface area contributed by atoms with E-state index in [4.69, 9.17) is 9.47 Å². The van der Waals surface area contributed by atoms with Crippen LogP contribution in [0.25, 0.3) is 0 Å². The average Bonchev–Trinajstić information content (AvgIpc) is 2.75. The molecule has 0 saturated carbocycles. The van der Waals surface area contributed by atoms with Gasteiger partial charge in [-0.3, -0.25) is 4.79 Å². The third-order valence-corrected chi connectivity index (χ3v) is 19.4. The number of rotatable bonds is 72. The molecule has 1 heterocycles. The Labute approximate surface area is 559 Å². The van der Waals surface area contributed by atoms with Gasteiger partial charge in [0, 0.05) is 6.42 Å². The topological polar surface area (TPSA) is 149 Å². The van der Waals surface area contributed by atoms with Crippen LogP contribution in [0, 0.1) is 0 Å². The molecule has 7 unspecified atom stereocenters. The van der Waals surface area contributed by atoms with E-state index in [2.05, 4.69) is 43.5 Å². The van der Waals surface area contributed by atoms with Gasteiger partial charge in [-0.15, -0.1) is 0 Å². The Morgan fingerprint density at radius 3 is 0.933 bits per heavy atom. The fourth-order valence-electron chi connectivity index (χ4n) is 13.2. The number of unbranched alkanes of at least 4 members (excludes halogenated alkanes) is 58. The summed E-state index contributed by atoms with van der Waals surface area (Å²) in [6.07, 6.45) is 88.8. The van der Waals surface area contributed by atoms with Gasteiger partial charge < -0.3 is 40.3 Å². The number of amides is 1. The van der Waals surface area contributed by atoms with Crippen LogP contribution >= 0.6 is 0 Å². The lowest BCUT2D eigenvalue weighted by molar-refractivity contribution is -0.302. The van der Waals surface area contributed by atoms with Crippen LogP contribution in [0.15, 0.2) is 36.5 Å². The Balaban J connectivity index is 2.06. The zero-order chi connectivity index (χ0) is 64.9. The second kappa shape index (κ2) is 70.2. The van der Waals surface area contributed by atoms with Gasteiger partial charge in [-0.05, 0) is 57.8 Å². The van der Waals surface area contributed by atoms with Gasteiger partial charge >= 0.3 is 0 Å². The van der Waals surface area contributed by atoms with Crippen molar-refractivity contribution in [3.05, 3.63) is 36.5 Å². The van der Waals surface area contributed by atoms with Crippen molar-refractivity contribution in [1.82, 2.24) is 5.32 Å². The molecule has 0 aliphatic carbocycles. The molecule has 90 heavy (non-hydrogen) atoms. The maximum Gasteiger partial charge on any atom is 0.220 e. The number of hydrogen-bond acceptors (Lipinski definition) is 8. The number of allylic oxidation sites excluding steroid dienone is 5. The summed E-state index contributed by atoms with van der Waals surface area (Å²) < 4.78 is 11.3. The minimum absolute atomic E-state index is 0.177. The van der Waals surface area contributed by atoms with Crippen LogP contribution in [0.3, 0.4) is 0 Å². The first-order chi connectivity index (χ1) is 44.3. The highest BCUT2D eigenvalue weighted by molar-refractivity contribution is 5.76. The van der Waals surface area contributed by atoms with Crippen molar-refractivity contribution >= 4 is 5.91 Å². The zero-order valence-electron chi connectivity index (χ0n) is 59.9. The largest absolute Gasteiger partial charge is 0.394 e. The molecule has 532 valence electrons. The van der Waals surface area contributed by atoms with Crippen molar-refractivity contribution in [3.8, 4) is 0 Å². The molecule has 0 aromatic rings. The molecule has 7 atom stereocenters. The number of carbonyl (C=O) groups excluding carboxylic acids is 1. The monoisotopic (exact) mass is 1270 g/mol. The standard InChI is InChI=1S/C81H155NO8/c1-3-5-7-9-11-13-15-17-19-21-23-25-27-29-31-33-34-35-36-37-38-39-40-41-42-43-45-47-49-51-53-55-57-59-61-63-65-67-69-71-77(85)82-74(73-89-81-80(88)79(87)78(86)76(72-83)90-81)75(84)70-68-66-64-62-60-58-56-54-52-50-48-46-44-32-30-28-26-24-22-20-18-16-14-12-10-8-6-4-2/h21,23,60,62,68,70,74-76,78-81,83-84,86-88H,3-20,22,24-59,61,63-67,69,71-73H2,1-2H3,(H,82,85)/b23-21-,62-60+,70-68+. The third kappa shape index (κ3) is 57.8. The van der Waals surface area contributed by atoms with E-state index < -0.39 is 49.5 Å². The Morgan fingerprint density at radius 2 is 0.633 bits per heavy atom. The summed E-state index contributed by atoms with van der Waals surface area (Å²) >= 11 is 0. The molecule has 1 aliphatic heterocycles. The van der Waals surface area contributed by atoms with Crippen LogP contribution < -0.4 is 5.32 Å². The number of carbonyl (C=O) groups is 1. The van der Waals surface area contributed by atoms with E-state index in [1.165, 1.54) is 360 Å². The summed E-state index contributed by atoms with van der Waals surface area (Å²) in [6, 6.07) is -0.822. The van der Waals surface area contributed by atoms with Crippen molar-refractivity contribution in [3.63, 3.8) is 0 Å². The van der Waals surface area contributed by atoms with Gasteiger partial charge in [-0.2, -0.15) is 0 Å². The molecule has 0 spiro atoms. The van der Waals surface area contributed by atoms with E-state index in [1.54, 1.807) is 6.08 Å². The SMILES string of the molecule is CCCCCCCCCC/C=C\CCCCCCCCCCCCCCCCCCCCCCCCCCCCCC(=O)NC(COC1OC(CO)C(O)C(O)C1O)C(O)/C=C/CC/C=C/CCCCCCCCCCCCCCCCCCCCCCCC. The first-order valence-electron chi connectivity index (χ1n) is 40.2. The third-order valence-electron chi connectivity index (χ3n) is 19.4. The van der Waals surface area contributed by atoms with Crippen LogP contribution in [0.2, 0.25) is 0 Å². The molecule has 0 radical (unpaired) electrons.